The van der Waals surface area contributed by atoms with Crippen LogP contribution < -0.4 is 15.4 Å². The summed E-state index contributed by atoms with van der Waals surface area (Å²) in [6.07, 6.45) is 0.0191. The van der Waals surface area contributed by atoms with Gasteiger partial charge in [0.2, 0.25) is 5.91 Å². The van der Waals surface area contributed by atoms with Gasteiger partial charge in [-0.3, -0.25) is 4.79 Å². The number of halogens is 2. The van der Waals surface area contributed by atoms with Crippen molar-refractivity contribution < 1.29 is 14.6 Å². The number of carbonyl (C=O) groups is 1. The molecular formula is C15H25Cl2N3O3. The number of carbonyl (C=O) groups excluding carboxylic acids is 1. The SMILES string of the molecule is CN(C)CCOc1ccc(NC(=O)C2CC(O)CN2)cc1.Cl.Cl. The molecule has 1 aliphatic heterocycles. The van der Waals surface area contributed by atoms with Crippen LogP contribution >= 0.6 is 24.8 Å². The summed E-state index contributed by atoms with van der Waals surface area (Å²) >= 11 is 0. The number of benzene rings is 1. The molecule has 1 aromatic carbocycles. The molecule has 1 aliphatic rings. The molecule has 1 fully saturated rings. The maximum Gasteiger partial charge on any atom is 0.241 e. The number of β-amino-alcohol motifs (C(OH)–C–C–N with tert-alkyl or cyclic N) is 1. The Morgan fingerprint density at radius 3 is 2.52 bits per heavy atom. The highest BCUT2D eigenvalue weighted by Crippen LogP contribution is 2.17. The smallest absolute Gasteiger partial charge is 0.241 e. The average Bonchev–Trinajstić information content (AvgIpc) is 2.87. The second-order valence-corrected chi connectivity index (χ2v) is 5.52. The first-order chi connectivity index (χ1) is 10.0. The number of nitrogens with zero attached hydrogens (tertiary/aromatic N) is 1. The normalized spacial score (nSPS) is 19.7. The van der Waals surface area contributed by atoms with Gasteiger partial charge in [-0.15, -0.1) is 24.8 Å². The minimum absolute atomic E-state index is 0. The molecule has 6 nitrogen and oxygen atoms in total. The van der Waals surface area contributed by atoms with Crippen LogP contribution in [-0.2, 0) is 4.79 Å². The number of aliphatic hydroxyl groups excluding tert-OH is 1. The summed E-state index contributed by atoms with van der Waals surface area (Å²) in [4.78, 5) is 14.0. The summed E-state index contributed by atoms with van der Waals surface area (Å²) in [6.45, 7) is 1.95. The van der Waals surface area contributed by atoms with E-state index in [1.807, 2.05) is 38.4 Å². The van der Waals surface area contributed by atoms with Crippen molar-refractivity contribution in [1.29, 1.82) is 0 Å². The predicted molar refractivity (Wildman–Crippen MR) is 96.0 cm³/mol. The van der Waals surface area contributed by atoms with Crippen molar-refractivity contribution in [2.75, 3.05) is 39.1 Å². The molecular weight excluding hydrogens is 341 g/mol. The topological polar surface area (TPSA) is 73.8 Å². The molecule has 0 radical (unpaired) electrons. The highest BCUT2D eigenvalue weighted by Gasteiger charge is 2.27. The van der Waals surface area contributed by atoms with Gasteiger partial charge in [-0.05, 0) is 44.8 Å². The van der Waals surface area contributed by atoms with Gasteiger partial charge >= 0.3 is 0 Å². The van der Waals surface area contributed by atoms with Crippen molar-refractivity contribution in [2.24, 2.45) is 0 Å². The number of ether oxygens (including phenoxy) is 1. The molecule has 8 heteroatoms. The van der Waals surface area contributed by atoms with Gasteiger partial charge in [0, 0.05) is 18.8 Å². The van der Waals surface area contributed by atoms with E-state index in [0.717, 1.165) is 18.0 Å². The zero-order valence-electron chi connectivity index (χ0n) is 13.3. The summed E-state index contributed by atoms with van der Waals surface area (Å²) < 4.78 is 5.59. The van der Waals surface area contributed by atoms with Crippen molar-refractivity contribution in [3.63, 3.8) is 0 Å². The lowest BCUT2D eigenvalue weighted by Gasteiger charge is -2.13. The summed E-state index contributed by atoms with van der Waals surface area (Å²) in [5.41, 5.74) is 0.725. The average molecular weight is 366 g/mol. The van der Waals surface area contributed by atoms with Gasteiger partial charge in [0.05, 0.1) is 12.1 Å². The second kappa shape index (κ2) is 10.7. The summed E-state index contributed by atoms with van der Waals surface area (Å²) in [7, 11) is 3.99. The number of rotatable bonds is 6. The number of amides is 1. The number of anilines is 1. The van der Waals surface area contributed by atoms with Crippen molar-refractivity contribution >= 4 is 36.4 Å². The molecule has 0 aromatic heterocycles. The van der Waals surface area contributed by atoms with E-state index in [4.69, 9.17) is 4.74 Å². The predicted octanol–water partition coefficient (Wildman–Crippen LogP) is 1.13. The van der Waals surface area contributed by atoms with Gasteiger partial charge in [-0.25, -0.2) is 0 Å². The van der Waals surface area contributed by atoms with Crippen LogP contribution in [0.2, 0.25) is 0 Å². The van der Waals surface area contributed by atoms with E-state index in [-0.39, 0.29) is 36.8 Å². The Morgan fingerprint density at radius 2 is 2.00 bits per heavy atom. The van der Waals surface area contributed by atoms with Gasteiger partial charge < -0.3 is 25.4 Å². The van der Waals surface area contributed by atoms with Crippen molar-refractivity contribution in [2.45, 2.75) is 18.6 Å². The zero-order chi connectivity index (χ0) is 15.2. The highest BCUT2D eigenvalue weighted by molar-refractivity contribution is 5.95. The summed E-state index contributed by atoms with van der Waals surface area (Å²) in [5, 5.41) is 15.2. The third kappa shape index (κ3) is 7.37. The van der Waals surface area contributed by atoms with Crippen LogP contribution in [0.1, 0.15) is 6.42 Å². The lowest BCUT2D eigenvalue weighted by Crippen LogP contribution is -2.35. The number of likely N-dealkylation sites (N-methyl/N-ethyl adjacent to an activating group) is 1. The van der Waals surface area contributed by atoms with Gasteiger partial charge in [-0.2, -0.15) is 0 Å². The van der Waals surface area contributed by atoms with E-state index in [2.05, 4.69) is 15.5 Å². The van der Waals surface area contributed by atoms with E-state index < -0.39 is 6.10 Å². The molecule has 0 saturated carbocycles. The van der Waals surface area contributed by atoms with E-state index >= 15 is 0 Å². The lowest BCUT2D eigenvalue weighted by atomic mass is 10.2. The van der Waals surface area contributed by atoms with Crippen LogP contribution in [0.15, 0.2) is 24.3 Å². The summed E-state index contributed by atoms with van der Waals surface area (Å²) in [5.74, 6) is 0.664. The van der Waals surface area contributed by atoms with Gasteiger partial charge in [0.15, 0.2) is 0 Å². The van der Waals surface area contributed by atoms with Crippen LogP contribution in [0.5, 0.6) is 5.75 Å². The quantitative estimate of drug-likeness (QED) is 0.704. The molecule has 0 spiro atoms. The number of hydrogen-bond donors (Lipinski definition) is 3. The zero-order valence-corrected chi connectivity index (χ0v) is 15.0. The van der Waals surface area contributed by atoms with Crippen molar-refractivity contribution in [1.82, 2.24) is 10.2 Å². The van der Waals surface area contributed by atoms with E-state index in [1.54, 1.807) is 0 Å². The third-order valence-electron chi connectivity index (χ3n) is 3.35. The van der Waals surface area contributed by atoms with Gasteiger partial charge in [0.25, 0.3) is 0 Å². The highest BCUT2D eigenvalue weighted by atomic mass is 35.5. The first-order valence-corrected chi connectivity index (χ1v) is 7.14. The van der Waals surface area contributed by atoms with Crippen molar-refractivity contribution in [3.05, 3.63) is 24.3 Å². The number of nitrogens with one attached hydrogen (secondary N) is 2. The first-order valence-electron chi connectivity index (χ1n) is 7.14. The largest absolute Gasteiger partial charge is 0.492 e. The summed E-state index contributed by atoms with van der Waals surface area (Å²) in [6, 6.07) is 6.98. The van der Waals surface area contributed by atoms with Crippen LogP contribution in [-0.4, -0.2) is 61.9 Å². The molecule has 0 aliphatic carbocycles. The molecule has 2 atom stereocenters. The molecule has 3 N–H and O–H groups in total. The maximum absolute atomic E-state index is 12.0. The fourth-order valence-corrected chi connectivity index (χ4v) is 2.13. The van der Waals surface area contributed by atoms with Crippen LogP contribution in [0.25, 0.3) is 0 Å². The van der Waals surface area contributed by atoms with Crippen LogP contribution in [0.3, 0.4) is 0 Å². The monoisotopic (exact) mass is 365 g/mol. The molecule has 1 heterocycles. The fourth-order valence-electron chi connectivity index (χ4n) is 2.13. The van der Waals surface area contributed by atoms with E-state index in [0.29, 0.717) is 19.6 Å². The Hall–Kier alpha value is -1.05. The van der Waals surface area contributed by atoms with Crippen LogP contribution in [0.4, 0.5) is 5.69 Å². The number of hydrogen-bond acceptors (Lipinski definition) is 5. The number of aliphatic hydroxyl groups is 1. The lowest BCUT2D eigenvalue weighted by molar-refractivity contribution is -0.117. The molecule has 0 bridgehead atoms. The fraction of sp³-hybridized carbons (Fsp3) is 0.533. The second-order valence-electron chi connectivity index (χ2n) is 5.52. The Labute approximate surface area is 149 Å². The molecule has 23 heavy (non-hydrogen) atoms. The molecule has 2 rings (SSSR count). The molecule has 132 valence electrons. The molecule has 1 amide bonds. The van der Waals surface area contributed by atoms with Gasteiger partial charge in [0.1, 0.15) is 12.4 Å². The Balaban J connectivity index is 0.00000242. The molecule has 1 saturated heterocycles. The van der Waals surface area contributed by atoms with Crippen LogP contribution in [0, 0.1) is 0 Å². The minimum Gasteiger partial charge on any atom is -0.492 e. The molecule has 2 unspecified atom stereocenters. The first kappa shape index (κ1) is 21.9. The van der Waals surface area contributed by atoms with E-state index in [1.165, 1.54) is 0 Å². The van der Waals surface area contributed by atoms with Gasteiger partial charge in [-0.1, -0.05) is 0 Å². The standard InChI is InChI=1S/C15H23N3O3.2ClH/c1-18(2)7-8-21-13-5-3-11(4-6-13)17-15(20)14-9-12(19)10-16-14;;/h3-6,12,14,16,19H,7-10H2,1-2H3,(H,17,20);2*1H. The maximum atomic E-state index is 12.0. The molecule has 1 aromatic rings. The van der Waals surface area contributed by atoms with E-state index in [9.17, 15) is 9.90 Å². The third-order valence-corrected chi connectivity index (χ3v) is 3.35. The Kier molecular flexibility index (Phi) is 10.2. The minimum atomic E-state index is -0.437. The Bertz CT molecular complexity index is 472. The van der Waals surface area contributed by atoms with Crippen molar-refractivity contribution in [3.8, 4) is 5.75 Å². The Morgan fingerprint density at radius 1 is 1.35 bits per heavy atom.